The van der Waals surface area contributed by atoms with E-state index in [0.29, 0.717) is 0 Å². The molecule has 0 aliphatic carbocycles. The summed E-state index contributed by atoms with van der Waals surface area (Å²) >= 11 is 0. The fourth-order valence-electron chi connectivity index (χ4n) is 11.3. The number of fused-ring (bicyclic) bond motifs is 10. The Balaban J connectivity index is 1.14. The molecule has 336 valence electrons. The topological polar surface area (TPSA) is 6.48 Å². The summed E-state index contributed by atoms with van der Waals surface area (Å²) in [5, 5.41) is 15.2. The van der Waals surface area contributed by atoms with Gasteiger partial charge in [-0.3, -0.25) is 0 Å². The lowest BCUT2D eigenvalue weighted by Gasteiger charge is -2.28. The molecule has 0 radical (unpaired) electrons. The van der Waals surface area contributed by atoms with Gasteiger partial charge in [-0.1, -0.05) is 197 Å². The highest BCUT2D eigenvalue weighted by Gasteiger charge is 2.24. The van der Waals surface area contributed by atoms with Crippen LogP contribution in [-0.2, 0) is 0 Å². The standard InChI is InChI=1S/C68H54N2/c1-3-25-51(61-43-63-57-39-21-23-41-59(57)67(45-65(63)55-37-19-17-35-53(55)61)69(47-27-9-5-10-28-47)48-29-11-6-12-30-48)52(26-4-2)62-44-64-58-40-22-24-42-60(58)68(46-66(64)56-38-20-18-36-54(56)62)70(49-31-13-7-14-32-49)50-33-15-8-16-34-50/h5-24,27-46H,3-4,25-26H2,1-2H3. The third-order valence-corrected chi connectivity index (χ3v) is 14.3. The Morgan fingerprint density at radius 3 is 0.800 bits per heavy atom. The lowest BCUT2D eigenvalue weighted by atomic mass is 9.82. The second-order valence-corrected chi connectivity index (χ2v) is 18.5. The number of nitrogens with zero attached hydrogens (tertiary/aromatic N) is 2. The van der Waals surface area contributed by atoms with E-state index < -0.39 is 0 Å². The van der Waals surface area contributed by atoms with Gasteiger partial charge >= 0.3 is 0 Å². The first-order valence-corrected chi connectivity index (χ1v) is 25.0. The van der Waals surface area contributed by atoms with Crippen LogP contribution >= 0.6 is 0 Å². The number of benzene rings is 12. The van der Waals surface area contributed by atoms with Gasteiger partial charge in [-0.25, -0.2) is 0 Å². The Bertz CT molecular complexity index is 3560. The summed E-state index contributed by atoms with van der Waals surface area (Å²) in [5.41, 5.74) is 12.4. The molecule has 0 unspecified atom stereocenters. The Labute approximate surface area is 411 Å². The largest absolute Gasteiger partial charge is 0.310 e. The first-order valence-electron chi connectivity index (χ1n) is 25.0. The average Bonchev–Trinajstić information content (AvgIpc) is 3.43. The lowest BCUT2D eigenvalue weighted by Crippen LogP contribution is -2.10. The van der Waals surface area contributed by atoms with Crippen molar-refractivity contribution in [2.45, 2.75) is 39.5 Å². The minimum atomic E-state index is 0.964. The summed E-state index contributed by atoms with van der Waals surface area (Å²) in [7, 11) is 0. The average molecular weight is 899 g/mol. The molecular formula is C68H54N2. The predicted octanol–water partition coefficient (Wildman–Crippen LogP) is 20.1. The van der Waals surface area contributed by atoms with E-state index >= 15 is 0 Å². The van der Waals surface area contributed by atoms with Crippen LogP contribution in [0, 0.1) is 0 Å². The molecule has 0 N–H and O–H groups in total. The zero-order valence-electron chi connectivity index (χ0n) is 39.8. The van der Waals surface area contributed by atoms with Gasteiger partial charge in [-0.2, -0.15) is 0 Å². The molecule has 0 atom stereocenters. The van der Waals surface area contributed by atoms with Gasteiger partial charge in [-0.05, 0) is 162 Å². The first kappa shape index (κ1) is 42.9. The molecule has 0 amide bonds. The van der Waals surface area contributed by atoms with Crippen molar-refractivity contribution in [3.63, 3.8) is 0 Å². The number of allylic oxidation sites excluding steroid dienone is 2. The summed E-state index contributed by atoms with van der Waals surface area (Å²) in [6.07, 6.45) is 3.99. The van der Waals surface area contributed by atoms with Crippen LogP contribution in [0.1, 0.15) is 50.7 Å². The van der Waals surface area contributed by atoms with Gasteiger partial charge in [-0.15, -0.1) is 0 Å². The van der Waals surface area contributed by atoms with Crippen LogP contribution in [0.3, 0.4) is 0 Å². The van der Waals surface area contributed by atoms with Gasteiger partial charge in [0.05, 0.1) is 11.4 Å². The molecule has 0 saturated heterocycles. The molecule has 0 bridgehead atoms. The summed E-state index contributed by atoms with van der Waals surface area (Å²) in [5.74, 6) is 0. The van der Waals surface area contributed by atoms with Gasteiger partial charge in [0.2, 0.25) is 0 Å². The number of rotatable bonds is 12. The van der Waals surface area contributed by atoms with Gasteiger partial charge < -0.3 is 9.80 Å². The third-order valence-electron chi connectivity index (χ3n) is 14.3. The fraction of sp³-hybridized carbons (Fsp3) is 0.0882. The van der Waals surface area contributed by atoms with Crippen LogP contribution in [0.5, 0.6) is 0 Å². The number of para-hydroxylation sites is 4. The highest BCUT2D eigenvalue weighted by atomic mass is 15.1. The van der Waals surface area contributed by atoms with E-state index in [1.807, 2.05) is 0 Å². The van der Waals surface area contributed by atoms with E-state index in [1.165, 1.54) is 98.3 Å². The number of hydrogen-bond donors (Lipinski definition) is 0. The maximum atomic E-state index is 2.55. The van der Waals surface area contributed by atoms with Crippen molar-refractivity contribution in [1.82, 2.24) is 0 Å². The Kier molecular flexibility index (Phi) is 11.4. The SMILES string of the molecule is CCCC(=C(CCC)c1cc2c3ccccc3c(N(c3ccccc3)c3ccccc3)cc2c2ccccc12)c1cc2c3ccccc3c(N(c3ccccc3)c3ccccc3)cc2c2ccccc12. The molecule has 0 aliphatic heterocycles. The van der Waals surface area contributed by atoms with E-state index in [2.05, 4.69) is 266 Å². The van der Waals surface area contributed by atoms with Crippen molar-refractivity contribution in [3.05, 3.63) is 254 Å². The van der Waals surface area contributed by atoms with Crippen LogP contribution in [0.25, 0.3) is 75.8 Å². The lowest BCUT2D eigenvalue weighted by molar-refractivity contribution is 0.947. The zero-order chi connectivity index (χ0) is 47.0. The molecule has 2 nitrogen and oxygen atoms in total. The van der Waals surface area contributed by atoms with E-state index in [0.717, 1.165) is 48.4 Å². The zero-order valence-corrected chi connectivity index (χ0v) is 39.8. The first-order chi connectivity index (χ1) is 34.7. The molecule has 2 heteroatoms. The molecule has 0 aromatic heterocycles. The molecule has 12 rings (SSSR count). The normalized spacial score (nSPS) is 12.0. The van der Waals surface area contributed by atoms with Crippen LogP contribution < -0.4 is 9.80 Å². The van der Waals surface area contributed by atoms with Crippen molar-refractivity contribution in [2.75, 3.05) is 9.80 Å². The molecule has 0 heterocycles. The van der Waals surface area contributed by atoms with Gasteiger partial charge in [0.1, 0.15) is 0 Å². The van der Waals surface area contributed by atoms with Crippen molar-refractivity contribution in [3.8, 4) is 0 Å². The maximum absolute atomic E-state index is 2.55. The van der Waals surface area contributed by atoms with Gasteiger partial charge in [0.15, 0.2) is 0 Å². The molecule has 0 fully saturated rings. The molecule has 12 aromatic carbocycles. The highest BCUT2D eigenvalue weighted by molar-refractivity contribution is 6.26. The molecule has 0 saturated carbocycles. The fourth-order valence-corrected chi connectivity index (χ4v) is 11.3. The Morgan fingerprint density at radius 1 is 0.257 bits per heavy atom. The minimum absolute atomic E-state index is 0.964. The van der Waals surface area contributed by atoms with Crippen LogP contribution in [-0.4, -0.2) is 0 Å². The van der Waals surface area contributed by atoms with Crippen LogP contribution in [0.2, 0.25) is 0 Å². The van der Waals surface area contributed by atoms with Gasteiger partial charge in [0, 0.05) is 33.5 Å². The predicted molar refractivity (Wildman–Crippen MR) is 304 cm³/mol. The van der Waals surface area contributed by atoms with Crippen molar-refractivity contribution in [2.24, 2.45) is 0 Å². The molecule has 12 aromatic rings. The number of anilines is 6. The molecular weight excluding hydrogens is 845 g/mol. The summed E-state index contributed by atoms with van der Waals surface area (Å²) < 4.78 is 0. The number of hydrogen-bond acceptors (Lipinski definition) is 2. The third kappa shape index (κ3) is 7.45. The second kappa shape index (κ2) is 18.6. The second-order valence-electron chi connectivity index (χ2n) is 18.5. The minimum Gasteiger partial charge on any atom is -0.310 e. The maximum Gasteiger partial charge on any atom is 0.0546 e. The monoisotopic (exact) mass is 898 g/mol. The van der Waals surface area contributed by atoms with E-state index in [1.54, 1.807) is 0 Å². The van der Waals surface area contributed by atoms with Crippen LogP contribution in [0.15, 0.2) is 243 Å². The van der Waals surface area contributed by atoms with Crippen LogP contribution in [0.4, 0.5) is 34.1 Å². The molecule has 0 aliphatic rings. The molecule has 70 heavy (non-hydrogen) atoms. The Morgan fingerprint density at radius 2 is 0.500 bits per heavy atom. The van der Waals surface area contributed by atoms with Crippen molar-refractivity contribution in [1.29, 1.82) is 0 Å². The highest BCUT2D eigenvalue weighted by Crippen LogP contribution is 2.49. The summed E-state index contributed by atoms with van der Waals surface area (Å²) in [6, 6.07) is 89.6. The smallest absolute Gasteiger partial charge is 0.0546 e. The van der Waals surface area contributed by atoms with Crippen molar-refractivity contribution >= 4 is 110 Å². The molecule has 0 spiro atoms. The van der Waals surface area contributed by atoms with Gasteiger partial charge in [0.25, 0.3) is 0 Å². The quantitative estimate of drug-likeness (QED) is 0.0890. The van der Waals surface area contributed by atoms with Crippen molar-refractivity contribution < 1.29 is 0 Å². The Hall–Kier alpha value is -8.46. The van der Waals surface area contributed by atoms with E-state index in [4.69, 9.17) is 0 Å². The van der Waals surface area contributed by atoms with E-state index in [9.17, 15) is 0 Å². The van der Waals surface area contributed by atoms with E-state index in [-0.39, 0.29) is 0 Å². The summed E-state index contributed by atoms with van der Waals surface area (Å²) in [4.78, 5) is 4.84. The summed E-state index contributed by atoms with van der Waals surface area (Å²) in [6.45, 7) is 4.68.